The van der Waals surface area contributed by atoms with Crippen molar-refractivity contribution >= 4 is 17.4 Å². The zero-order valence-electron chi connectivity index (χ0n) is 11.7. The van der Waals surface area contributed by atoms with Crippen LogP contribution >= 0.6 is 0 Å². The fraction of sp³-hybridized carbons (Fsp3) is 0.429. The molecule has 0 spiro atoms. The first-order valence-corrected chi connectivity index (χ1v) is 6.60. The molecule has 1 amide bonds. The fourth-order valence-electron chi connectivity index (χ4n) is 1.86. The second kappa shape index (κ2) is 5.75. The van der Waals surface area contributed by atoms with Crippen LogP contribution in [0.1, 0.15) is 25.8 Å². The number of carbonyl (C=O) groups is 1. The maximum atomic E-state index is 12.7. The van der Waals surface area contributed by atoms with Gasteiger partial charge in [0, 0.05) is 18.9 Å². The molecule has 4 nitrogen and oxygen atoms in total. The molecule has 1 aromatic carbocycles. The number of amidine groups is 1. The summed E-state index contributed by atoms with van der Waals surface area (Å²) in [7, 11) is 0. The first-order chi connectivity index (χ1) is 9.77. The number of nitrogens with zero attached hydrogens (tertiary/aromatic N) is 2. The molecule has 0 atom stereocenters. The smallest absolute Gasteiger partial charge is 0.312 e. The molecule has 7 heteroatoms. The standard InChI is InChI=1S/C14H16F3N3O/c1-9(2)13(21)18-12-6-7-20(19-12)11-5-3-4-10(8-11)14(15,16)17/h3-5,8-9H,6-7H2,1-2H3,(H,18,19,21). The lowest BCUT2D eigenvalue weighted by Gasteiger charge is -2.15. The van der Waals surface area contributed by atoms with Gasteiger partial charge < -0.3 is 5.32 Å². The number of hydrogen-bond donors (Lipinski definition) is 1. The minimum absolute atomic E-state index is 0.153. The van der Waals surface area contributed by atoms with E-state index < -0.39 is 11.7 Å². The molecule has 0 bridgehead atoms. The van der Waals surface area contributed by atoms with Crippen molar-refractivity contribution in [1.82, 2.24) is 5.32 Å². The molecule has 0 radical (unpaired) electrons. The van der Waals surface area contributed by atoms with E-state index in [-0.39, 0.29) is 11.8 Å². The molecule has 1 aromatic rings. The van der Waals surface area contributed by atoms with Gasteiger partial charge in [0.05, 0.1) is 11.3 Å². The van der Waals surface area contributed by atoms with Crippen molar-refractivity contribution in [3.05, 3.63) is 29.8 Å². The first-order valence-electron chi connectivity index (χ1n) is 6.60. The van der Waals surface area contributed by atoms with Gasteiger partial charge in [-0.05, 0) is 18.2 Å². The van der Waals surface area contributed by atoms with Crippen molar-refractivity contribution in [2.45, 2.75) is 26.4 Å². The molecule has 1 aliphatic heterocycles. The van der Waals surface area contributed by atoms with Crippen LogP contribution in [-0.4, -0.2) is 18.3 Å². The normalized spacial score (nSPS) is 15.3. The highest BCUT2D eigenvalue weighted by molar-refractivity contribution is 6.00. The van der Waals surface area contributed by atoms with Gasteiger partial charge in [-0.15, -0.1) is 0 Å². The van der Waals surface area contributed by atoms with Gasteiger partial charge in [0.1, 0.15) is 5.84 Å². The third-order valence-electron chi connectivity index (χ3n) is 3.07. The Balaban J connectivity index is 2.14. The molecule has 1 heterocycles. The predicted octanol–water partition coefficient (Wildman–Crippen LogP) is 3.00. The van der Waals surface area contributed by atoms with E-state index in [1.165, 1.54) is 11.1 Å². The zero-order valence-corrected chi connectivity index (χ0v) is 11.7. The highest BCUT2D eigenvalue weighted by Gasteiger charge is 2.31. The number of hydrogen-bond acceptors (Lipinski definition) is 3. The summed E-state index contributed by atoms with van der Waals surface area (Å²) >= 11 is 0. The van der Waals surface area contributed by atoms with Crippen LogP contribution in [0.3, 0.4) is 0 Å². The quantitative estimate of drug-likeness (QED) is 0.912. The van der Waals surface area contributed by atoms with Crippen LogP contribution < -0.4 is 10.3 Å². The molecule has 0 aliphatic carbocycles. The summed E-state index contributed by atoms with van der Waals surface area (Å²) in [5, 5.41) is 8.29. The molecular formula is C14H16F3N3O. The van der Waals surface area contributed by atoms with E-state index in [2.05, 4.69) is 10.4 Å². The Kier molecular flexibility index (Phi) is 4.20. The number of nitrogens with one attached hydrogen (secondary N) is 1. The molecule has 0 saturated carbocycles. The van der Waals surface area contributed by atoms with Crippen molar-refractivity contribution in [3.8, 4) is 0 Å². The summed E-state index contributed by atoms with van der Waals surface area (Å²) in [4.78, 5) is 11.6. The molecule has 21 heavy (non-hydrogen) atoms. The number of rotatable bonds is 2. The number of carbonyl (C=O) groups excluding carboxylic acids is 1. The van der Waals surface area contributed by atoms with Crippen molar-refractivity contribution < 1.29 is 18.0 Å². The Morgan fingerprint density at radius 3 is 2.71 bits per heavy atom. The van der Waals surface area contributed by atoms with Crippen molar-refractivity contribution in [3.63, 3.8) is 0 Å². The van der Waals surface area contributed by atoms with Gasteiger partial charge in [-0.2, -0.15) is 18.3 Å². The van der Waals surface area contributed by atoms with E-state index in [0.29, 0.717) is 24.5 Å². The third kappa shape index (κ3) is 3.74. The van der Waals surface area contributed by atoms with E-state index >= 15 is 0 Å². The Morgan fingerprint density at radius 2 is 2.10 bits per heavy atom. The molecule has 0 fully saturated rings. The SMILES string of the molecule is CC(C)C(=O)NC1=NN(c2cccc(C(F)(F)F)c2)CC1. The average molecular weight is 299 g/mol. The summed E-state index contributed by atoms with van der Waals surface area (Å²) in [6.07, 6.45) is -3.89. The number of alkyl halides is 3. The summed E-state index contributed by atoms with van der Waals surface area (Å²) < 4.78 is 38.0. The molecular weight excluding hydrogens is 283 g/mol. The summed E-state index contributed by atoms with van der Waals surface area (Å²) in [6.45, 7) is 3.96. The molecule has 2 rings (SSSR count). The van der Waals surface area contributed by atoms with Crippen LogP contribution in [-0.2, 0) is 11.0 Å². The lowest BCUT2D eigenvalue weighted by molar-refractivity contribution is -0.137. The topological polar surface area (TPSA) is 44.7 Å². The van der Waals surface area contributed by atoms with Crippen molar-refractivity contribution in [1.29, 1.82) is 0 Å². The average Bonchev–Trinajstić information content (AvgIpc) is 2.86. The summed E-state index contributed by atoms with van der Waals surface area (Å²) in [5.41, 5.74) is -0.353. The predicted molar refractivity (Wildman–Crippen MR) is 73.8 cm³/mol. The Hall–Kier alpha value is -2.05. The summed E-state index contributed by atoms with van der Waals surface area (Å²) in [5.74, 6) is 0.154. The number of halogens is 3. The first kappa shape index (κ1) is 15.3. The van der Waals surface area contributed by atoms with Crippen LogP contribution in [0.15, 0.2) is 29.4 Å². The molecule has 1 aliphatic rings. The van der Waals surface area contributed by atoms with Crippen LogP contribution in [0.5, 0.6) is 0 Å². The van der Waals surface area contributed by atoms with Crippen LogP contribution in [0, 0.1) is 5.92 Å². The Labute approximate surface area is 120 Å². The van der Waals surface area contributed by atoms with Crippen molar-refractivity contribution in [2.75, 3.05) is 11.6 Å². The van der Waals surface area contributed by atoms with Crippen LogP contribution in [0.25, 0.3) is 0 Å². The van der Waals surface area contributed by atoms with Gasteiger partial charge >= 0.3 is 6.18 Å². The molecule has 0 saturated heterocycles. The second-order valence-electron chi connectivity index (χ2n) is 5.11. The highest BCUT2D eigenvalue weighted by Crippen LogP contribution is 2.32. The van der Waals surface area contributed by atoms with Gasteiger partial charge in [0.15, 0.2) is 0 Å². The van der Waals surface area contributed by atoms with Crippen LogP contribution in [0.4, 0.5) is 18.9 Å². The lowest BCUT2D eigenvalue weighted by atomic mass is 10.2. The molecule has 114 valence electrons. The number of anilines is 1. The van der Waals surface area contributed by atoms with Crippen LogP contribution in [0.2, 0.25) is 0 Å². The fourth-order valence-corrected chi connectivity index (χ4v) is 1.86. The second-order valence-corrected chi connectivity index (χ2v) is 5.11. The minimum Gasteiger partial charge on any atom is -0.312 e. The Bertz CT molecular complexity index is 567. The molecule has 1 N–H and O–H groups in total. The number of amides is 1. The number of benzene rings is 1. The maximum absolute atomic E-state index is 12.7. The van der Waals surface area contributed by atoms with Gasteiger partial charge in [-0.3, -0.25) is 9.80 Å². The van der Waals surface area contributed by atoms with E-state index in [1.807, 2.05) is 0 Å². The maximum Gasteiger partial charge on any atom is 0.416 e. The van der Waals surface area contributed by atoms with Gasteiger partial charge in [-0.25, -0.2) is 0 Å². The van der Waals surface area contributed by atoms with E-state index in [0.717, 1.165) is 12.1 Å². The molecule has 0 unspecified atom stereocenters. The van der Waals surface area contributed by atoms with E-state index in [1.54, 1.807) is 19.9 Å². The van der Waals surface area contributed by atoms with E-state index in [4.69, 9.17) is 0 Å². The Morgan fingerprint density at radius 1 is 1.38 bits per heavy atom. The van der Waals surface area contributed by atoms with Gasteiger partial charge in [-0.1, -0.05) is 19.9 Å². The zero-order chi connectivity index (χ0) is 15.6. The molecule has 0 aromatic heterocycles. The van der Waals surface area contributed by atoms with E-state index in [9.17, 15) is 18.0 Å². The third-order valence-corrected chi connectivity index (χ3v) is 3.07. The summed E-state index contributed by atoms with van der Waals surface area (Å²) in [6, 6.07) is 4.98. The van der Waals surface area contributed by atoms with Gasteiger partial charge in [0.25, 0.3) is 0 Å². The minimum atomic E-state index is -4.38. The lowest BCUT2D eigenvalue weighted by Crippen LogP contribution is -2.32. The number of hydrazone groups is 1. The van der Waals surface area contributed by atoms with Gasteiger partial charge in [0.2, 0.25) is 5.91 Å². The monoisotopic (exact) mass is 299 g/mol. The highest BCUT2D eigenvalue weighted by atomic mass is 19.4. The largest absolute Gasteiger partial charge is 0.416 e. The van der Waals surface area contributed by atoms with Crippen molar-refractivity contribution in [2.24, 2.45) is 11.0 Å².